The molecule has 2 aromatic heterocycles. The van der Waals surface area contributed by atoms with Gasteiger partial charge in [0.15, 0.2) is 0 Å². The Bertz CT molecular complexity index is 1160. The van der Waals surface area contributed by atoms with Gasteiger partial charge in [0.25, 0.3) is 0 Å². The van der Waals surface area contributed by atoms with E-state index < -0.39 is 0 Å². The Labute approximate surface area is 175 Å². The first-order valence-electron chi connectivity index (χ1n) is 10.3. The Hall–Kier alpha value is -3.25. The van der Waals surface area contributed by atoms with Crippen molar-refractivity contribution < 1.29 is 4.39 Å². The van der Waals surface area contributed by atoms with Crippen LogP contribution in [0, 0.1) is 12.7 Å². The Morgan fingerprint density at radius 3 is 2.63 bits per heavy atom. The molecule has 0 unspecified atom stereocenters. The molecule has 2 aromatic carbocycles. The van der Waals surface area contributed by atoms with Crippen LogP contribution in [-0.2, 0) is 25.9 Å². The molecule has 0 amide bonds. The molecular formula is C24H24FN5. The minimum atomic E-state index is -0.247. The topological polar surface area (TPSA) is 58.5 Å². The summed E-state index contributed by atoms with van der Waals surface area (Å²) in [5, 5.41) is 16.0. The molecule has 0 bridgehead atoms. The van der Waals surface area contributed by atoms with Gasteiger partial charge in [0, 0.05) is 36.1 Å². The highest BCUT2D eigenvalue weighted by Gasteiger charge is 2.18. The lowest BCUT2D eigenvalue weighted by atomic mass is 10.1. The molecule has 0 saturated heterocycles. The number of benzene rings is 2. The molecule has 6 heteroatoms. The third-order valence-electron chi connectivity index (χ3n) is 5.71. The normalized spacial score (nSPS) is 13.0. The van der Waals surface area contributed by atoms with Gasteiger partial charge in [-0.25, -0.2) is 9.07 Å². The van der Waals surface area contributed by atoms with Gasteiger partial charge in [-0.05, 0) is 68.1 Å². The second-order valence-electron chi connectivity index (χ2n) is 7.87. The number of nitrogens with one attached hydrogen (secondary N) is 2. The molecule has 0 radical (unpaired) electrons. The number of hydrogen-bond donors (Lipinski definition) is 2. The SMILES string of the molecule is Cc1ccc(-n2cc(CNCc3n[nH]c4c3CCC4)c(-c3ccc(F)cc3)n2)cc1. The van der Waals surface area contributed by atoms with Crippen LogP contribution in [-0.4, -0.2) is 20.0 Å². The van der Waals surface area contributed by atoms with Gasteiger partial charge < -0.3 is 5.32 Å². The standard InChI is InChI=1S/C24H24FN5/c1-16-5-11-20(12-6-16)30-15-18(24(29-30)17-7-9-19(25)10-8-17)13-26-14-23-21-3-2-4-22(21)27-28-23/h5-12,15,26H,2-4,13-14H2,1H3,(H,27,28). The van der Waals surface area contributed by atoms with Crippen molar-refractivity contribution >= 4 is 0 Å². The molecule has 5 nitrogen and oxygen atoms in total. The number of fused-ring (bicyclic) bond motifs is 1. The van der Waals surface area contributed by atoms with Gasteiger partial charge in [-0.2, -0.15) is 10.2 Å². The lowest BCUT2D eigenvalue weighted by molar-refractivity contribution is 0.628. The Morgan fingerprint density at radius 1 is 1.03 bits per heavy atom. The summed E-state index contributed by atoms with van der Waals surface area (Å²) < 4.78 is 15.3. The van der Waals surface area contributed by atoms with E-state index in [2.05, 4.69) is 46.7 Å². The first-order valence-corrected chi connectivity index (χ1v) is 10.3. The number of hydrogen-bond acceptors (Lipinski definition) is 3. The van der Waals surface area contributed by atoms with Crippen molar-refractivity contribution in [3.8, 4) is 16.9 Å². The molecule has 30 heavy (non-hydrogen) atoms. The van der Waals surface area contributed by atoms with E-state index in [9.17, 15) is 4.39 Å². The van der Waals surface area contributed by atoms with Crippen LogP contribution in [0.5, 0.6) is 0 Å². The summed E-state index contributed by atoms with van der Waals surface area (Å²) in [6.07, 6.45) is 5.45. The number of rotatable bonds is 6. The van der Waals surface area contributed by atoms with E-state index in [1.165, 1.54) is 35.4 Å². The summed E-state index contributed by atoms with van der Waals surface area (Å²) in [4.78, 5) is 0. The number of halogens is 1. The average Bonchev–Trinajstić information content (AvgIpc) is 3.46. The third-order valence-corrected chi connectivity index (χ3v) is 5.71. The zero-order chi connectivity index (χ0) is 20.5. The van der Waals surface area contributed by atoms with Crippen molar-refractivity contribution in [1.82, 2.24) is 25.3 Å². The molecule has 152 valence electrons. The van der Waals surface area contributed by atoms with Gasteiger partial charge in [-0.3, -0.25) is 5.10 Å². The molecule has 0 fully saturated rings. The second-order valence-corrected chi connectivity index (χ2v) is 7.87. The number of aromatic amines is 1. The van der Waals surface area contributed by atoms with Gasteiger partial charge in [0.05, 0.1) is 17.1 Å². The summed E-state index contributed by atoms with van der Waals surface area (Å²) in [5.41, 5.74) is 8.79. The fourth-order valence-electron chi connectivity index (χ4n) is 4.07. The van der Waals surface area contributed by atoms with Gasteiger partial charge in [-0.15, -0.1) is 0 Å². The quantitative estimate of drug-likeness (QED) is 0.501. The monoisotopic (exact) mass is 401 g/mol. The van der Waals surface area contributed by atoms with Crippen LogP contribution < -0.4 is 5.32 Å². The van der Waals surface area contributed by atoms with Crippen molar-refractivity contribution in [2.75, 3.05) is 0 Å². The van der Waals surface area contributed by atoms with E-state index in [1.54, 1.807) is 12.1 Å². The van der Waals surface area contributed by atoms with Gasteiger partial charge in [0.1, 0.15) is 5.82 Å². The summed E-state index contributed by atoms with van der Waals surface area (Å²) in [6, 6.07) is 14.8. The van der Waals surface area contributed by atoms with Crippen LogP contribution >= 0.6 is 0 Å². The molecule has 0 aliphatic heterocycles. The summed E-state index contributed by atoms with van der Waals surface area (Å²) in [6.45, 7) is 3.43. The van der Waals surface area contributed by atoms with Crippen molar-refractivity contribution in [2.24, 2.45) is 0 Å². The van der Waals surface area contributed by atoms with Crippen LogP contribution in [0.4, 0.5) is 4.39 Å². The molecule has 5 rings (SSSR count). The van der Waals surface area contributed by atoms with Crippen LogP contribution in [0.25, 0.3) is 16.9 Å². The molecule has 0 saturated carbocycles. The highest BCUT2D eigenvalue weighted by atomic mass is 19.1. The number of aromatic nitrogens is 4. The molecule has 4 aromatic rings. The van der Waals surface area contributed by atoms with E-state index in [-0.39, 0.29) is 5.82 Å². The molecule has 2 heterocycles. The average molecular weight is 401 g/mol. The van der Waals surface area contributed by atoms with Gasteiger partial charge >= 0.3 is 0 Å². The summed E-state index contributed by atoms with van der Waals surface area (Å²) in [5.74, 6) is -0.247. The van der Waals surface area contributed by atoms with Gasteiger partial charge in [0.2, 0.25) is 0 Å². The predicted octanol–water partition coefficient (Wildman–Crippen LogP) is 4.49. The lowest BCUT2D eigenvalue weighted by Gasteiger charge is -2.05. The predicted molar refractivity (Wildman–Crippen MR) is 115 cm³/mol. The van der Waals surface area contributed by atoms with Crippen molar-refractivity contribution in [2.45, 2.75) is 39.3 Å². The van der Waals surface area contributed by atoms with E-state index in [0.717, 1.165) is 41.0 Å². The fraction of sp³-hybridized carbons (Fsp3) is 0.250. The van der Waals surface area contributed by atoms with Crippen LogP contribution in [0.1, 0.15) is 34.5 Å². The zero-order valence-electron chi connectivity index (χ0n) is 17.0. The Kier molecular flexibility index (Phi) is 4.93. The van der Waals surface area contributed by atoms with Crippen LogP contribution in [0.3, 0.4) is 0 Å². The van der Waals surface area contributed by atoms with Crippen LogP contribution in [0.2, 0.25) is 0 Å². The number of nitrogens with zero attached hydrogens (tertiary/aromatic N) is 3. The van der Waals surface area contributed by atoms with Crippen LogP contribution in [0.15, 0.2) is 54.7 Å². The number of H-pyrrole nitrogens is 1. The van der Waals surface area contributed by atoms with E-state index in [4.69, 9.17) is 5.10 Å². The largest absolute Gasteiger partial charge is 0.307 e. The molecule has 1 aliphatic carbocycles. The highest BCUT2D eigenvalue weighted by Crippen LogP contribution is 2.25. The maximum absolute atomic E-state index is 13.4. The van der Waals surface area contributed by atoms with Crippen molar-refractivity contribution in [3.63, 3.8) is 0 Å². The maximum Gasteiger partial charge on any atom is 0.123 e. The van der Waals surface area contributed by atoms with Crippen molar-refractivity contribution in [1.29, 1.82) is 0 Å². The fourth-order valence-corrected chi connectivity index (χ4v) is 4.07. The highest BCUT2D eigenvalue weighted by molar-refractivity contribution is 5.63. The summed E-state index contributed by atoms with van der Waals surface area (Å²) >= 11 is 0. The summed E-state index contributed by atoms with van der Waals surface area (Å²) in [7, 11) is 0. The second kappa shape index (κ2) is 7.88. The third kappa shape index (κ3) is 3.66. The Balaban J connectivity index is 1.41. The first kappa shape index (κ1) is 18.8. The zero-order valence-corrected chi connectivity index (χ0v) is 17.0. The van der Waals surface area contributed by atoms with E-state index in [0.29, 0.717) is 13.1 Å². The maximum atomic E-state index is 13.4. The molecule has 1 aliphatic rings. The van der Waals surface area contributed by atoms with Gasteiger partial charge in [-0.1, -0.05) is 17.7 Å². The minimum Gasteiger partial charge on any atom is -0.307 e. The molecule has 2 N–H and O–H groups in total. The first-order chi connectivity index (χ1) is 14.7. The smallest absolute Gasteiger partial charge is 0.123 e. The molecule has 0 atom stereocenters. The van der Waals surface area contributed by atoms with Crippen molar-refractivity contribution in [3.05, 3.63) is 88.6 Å². The van der Waals surface area contributed by atoms with E-state index >= 15 is 0 Å². The lowest BCUT2D eigenvalue weighted by Crippen LogP contribution is -2.14. The minimum absolute atomic E-state index is 0.247. The molecular weight excluding hydrogens is 377 g/mol. The Morgan fingerprint density at radius 2 is 1.83 bits per heavy atom. The molecule has 0 spiro atoms. The number of aryl methyl sites for hydroxylation is 2. The van der Waals surface area contributed by atoms with E-state index in [1.807, 2.05) is 10.9 Å².